The van der Waals surface area contributed by atoms with Crippen molar-refractivity contribution in [2.75, 3.05) is 0 Å². The van der Waals surface area contributed by atoms with Gasteiger partial charge in [-0.25, -0.2) is 0 Å². The monoisotopic (exact) mass is 359 g/mol. The summed E-state index contributed by atoms with van der Waals surface area (Å²) in [5.41, 5.74) is 5.18. The Morgan fingerprint density at radius 1 is 1.12 bits per heavy atom. The number of carbonyl (C=O) groups is 1. The molecule has 0 unspecified atom stereocenters. The number of nitrogens with one attached hydrogen (secondary N) is 1. The molecule has 128 valence electrons. The number of amides is 1. The number of para-hydroxylation sites is 1. The third kappa shape index (κ3) is 3.21. The van der Waals surface area contributed by atoms with Gasteiger partial charge in [0.2, 0.25) is 0 Å². The second-order valence-corrected chi connectivity index (χ2v) is 6.82. The minimum absolute atomic E-state index is 0.131. The number of nitrogens with zero attached hydrogens (tertiary/aromatic N) is 2. The lowest BCUT2D eigenvalue weighted by Crippen LogP contribution is -2.23. The molecule has 0 saturated carbocycles. The number of aromatic nitrogens is 2. The lowest BCUT2D eigenvalue weighted by Gasteiger charge is -2.10. The summed E-state index contributed by atoms with van der Waals surface area (Å²) in [7, 11) is 0. The van der Waals surface area contributed by atoms with E-state index in [0.717, 1.165) is 33.4 Å². The van der Waals surface area contributed by atoms with E-state index in [1.54, 1.807) is 17.5 Å². The molecule has 0 spiro atoms. The predicted molar refractivity (Wildman–Crippen MR) is 105 cm³/mol. The Morgan fingerprint density at radius 3 is 2.88 bits per heavy atom. The van der Waals surface area contributed by atoms with E-state index in [9.17, 15) is 4.79 Å². The van der Waals surface area contributed by atoms with Crippen LogP contribution in [0, 0.1) is 6.92 Å². The number of hydrogen-bond acceptors (Lipinski definition) is 4. The molecular formula is C21H17N3OS. The lowest BCUT2D eigenvalue weighted by molar-refractivity contribution is 0.0952. The van der Waals surface area contributed by atoms with Gasteiger partial charge in [-0.15, -0.1) is 0 Å². The van der Waals surface area contributed by atoms with Crippen molar-refractivity contribution in [1.82, 2.24) is 15.3 Å². The van der Waals surface area contributed by atoms with Gasteiger partial charge in [-0.1, -0.05) is 24.3 Å². The zero-order chi connectivity index (χ0) is 17.9. The van der Waals surface area contributed by atoms with Crippen LogP contribution in [0.25, 0.3) is 22.2 Å². The molecule has 1 aromatic carbocycles. The van der Waals surface area contributed by atoms with Gasteiger partial charge in [-0.3, -0.25) is 14.8 Å². The first kappa shape index (κ1) is 16.4. The largest absolute Gasteiger partial charge is 0.348 e. The van der Waals surface area contributed by atoms with Crippen LogP contribution in [0.4, 0.5) is 0 Å². The normalized spacial score (nSPS) is 10.8. The topological polar surface area (TPSA) is 54.9 Å². The maximum atomic E-state index is 12.8. The zero-order valence-electron chi connectivity index (χ0n) is 14.3. The van der Waals surface area contributed by atoms with E-state index < -0.39 is 0 Å². The molecule has 0 aliphatic heterocycles. The van der Waals surface area contributed by atoms with Crippen LogP contribution in [0.15, 0.2) is 65.5 Å². The van der Waals surface area contributed by atoms with Crippen molar-refractivity contribution in [3.05, 3.63) is 82.3 Å². The first-order valence-electron chi connectivity index (χ1n) is 8.33. The van der Waals surface area contributed by atoms with Gasteiger partial charge in [0.05, 0.1) is 16.8 Å². The highest BCUT2D eigenvalue weighted by molar-refractivity contribution is 7.08. The summed E-state index contributed by atoms with van der Waals surface area (Å²) in [6, 6.07) is 15.5. The molecule has 4 aromatic rings. The van der Waals surface area contributed by atoms with Crippen LogP contribution in [0.2, 0.25) is 0 Å². The molecular weight excluding hydrogens is 342 g/mol. The Balaban J connectivity index is 1.60. The van der Waals surface area contributed by atoms with Gasteiger partial charge < -0.3 is 5.32 Å². The van der Waals surface area contributed by atoms with E-state index in [4.69, 9.17) is 0 Å². The van der Waals surface area contributed by atoms with Crippen molar-refractivity contribution in [3.8, 4) is 11.3 Å². The number of pyridine rings is 2. The first-order valence-corrected chi connectivity index (χ1v) is 9.28. The first-order chi connectivity index (χ1) is 12.7. The molecule has 0 bridgehead atoms. The molecule has 0 atom stereocenters. The van der Waals surface area contributed by atoms with Crippen molar-refractivity contribution in [3.63, 3.8) is 0 Å². The standard InChI is InChI=1S/C21H17N3OS/c1-14-7-8-15-4-2-6-18(20(15)24-14)21(25)23-12-16-5-3-10-22-19(16)17-9-11-26-13-17/h2-11,13H,12H2,1H3,(H,23,25). The number of thiophene rings is 1. The van der Waals surface area contributed by atoms with Crippen molar-refractivity contribution in [1.29, 1.82) is 0 Å². The molecule has 4 rings (SSSR count). The minimum atomic E-state index is -0.131. The minimum Gasteiger partial charge on any atom is -0.348 e. The molecule has 0 saturated heterocycles. The highest BCUT2D eigenvalue weighted by Crippen LogP contribution is 2.24. The van der Waals surface area contributed by atoms with Crippen LogP contribution in [-0.2, 0) is 6.54 Å². The molecule has 0 fully saturated rings. The summed E-state index contributed by atoms with van der Waals surface area (Å²) in [5, 5.41) is 8.06. The van der Waals surface area contributed by atoms with Crippen molar-refractivity contribution in [2.24, 2.45) is 0 Å². The Bertz CT molecular complexity index is 1070. The smallest absolute Gasteiger partial charge is 0.253 e. The van der Waals surface area contributed by atoms with Gasteiger partial charge in [-0.05, 0) is 42.1 Å². The fraction of sp³-hybridized carbons (Fsp3) is 0.0952. The summed E-state index contributed by atoms with van der Waals surface area (Å²) >= 11 is 1.63. The van der Waals surface area contributed by atoms with E-state index in [1.165, 1.54) is 0 Å². The molecule has 4 nitrogen and oxygen atoms in total. The maximum absolute atomic E-state index is 12.8. The number of hydrogen-bond donors (Lipinski definition) is 1. The van der Waals surface area contributed by atoms with E-state index in [1.807, 2.05) is 60.8 Å². The maximum Gasteiger partial charge on any atom is 0.253 e. The average molecular weight is 359 g/mol. The quantitative estimate of drug-likeness (QED) is 0.579. The van der Waals surface area contributed by atoms with Crippen molar-refractivity contribution in [2.45, 2.75) is 13.5 Å². The van der Waals surface area contributed by atoms with Gasteiger partial charge in [0, 0.05) is 34.8 Å². The fourth-order valence-electron chi connectivity index (χ4n) is 2.94. The number of rotatable bonds is 4. The predicted octanol–water partition coefficient (Wildman–Crippen LogP) is 4.60. The Morgan fingerprint density at radius 2 is 2.04 bits per heavy atom. The Labute approximate surface area is 155 Å². The second kappa shape index (κ2) is 7.06. The molecule has 0 aliphatic rings. The summed E-state index contributed by atoms with van der Waals surface area (Å²) in [6.45, 7) is 2.34. The third-order valence-electron chi connectivity index (χ3n) is 4.23. The average Bonchev–Trinajstić information content (AvgIpc) is 3.20. The van der Waals surface area contributed by atoms with Crippen molar-refractivity contribution >= 4 is 28.1 Å². The molecule has 0 aliphatic carbocycles. The van der Waals surface area contributed by atoms with Gasteiger partial charge in [0.15, 0.2) is 0 Å². The highest BCUT2D eigenvalue weighted by Gasteiger charge is 2.13. The Kier molecular flexibility index (Phi) is 4.46. The molecule has 3 aromatic heterocycles. The lowest BCUT2D eigenvalue weighted by atomic mass is 10.1. The summed E-state index contributed by atoms with van der Waals surface area (Å²) in [4.78, 5) is 21.8. The van der Waals surface area contributed by atoms with Gasteiger partial charge >= 0.3 is 0 Å². The summed E-state index contributed by atoms with van der Waals surface area (Å²) < 4.78 is 0. The second-order valence-electron chi connectivity index (χ2n) is 6.04. The van der Waals surface area contributed by atoms with Crippen LogP contribution < -0.4 is 5.32 Å². The van der Waals surface area contributed by atoms with Crippen LogP contribution in [-0.4, -0.2) is 15.9 Å². The molecule has 1 amide bonds. The van der Waals surface area contributed by atoms with Crippen LogP contribution in [0.1, 0.15) is 21.6 Å². The molecule has 0 radical (unpaired) electrons. The van der Waals surface area contributed by atoms with Crippen LogP contribution in [0.3, 0.4) is 0 Å². The van der Waals surface area contributed by atoms with Crippen LogP contribution >= 0.6 is 11.3 Å². The fourth-order valence-corrected chi connectivity index (χ4v) is 3.58. The van der Waals surface area contributed by atoms with E-state index in [0.29, 0.717) is 12.1 Å². The number of aryl methyl sites for hydroxylation is 1. The van der Waals surface area contributed by atoms with Gasteiger partial charge in [-0.2, -0.15) is 11.3 Å². The van der Waals surface area contributed by atoms with Crippen molar-refractivity contribution < 1.29 is 4.79 Å². The van der Waals surface area contributed by atoms with Gasteiger partial charge in [0.25, 0.3) is 5.91 Å². The van der Waals surface area contributed by atoms with Crippen LogP contribution in [0.5, 0.6) is 0 Å². The SMILES string of the molecule is Cc1ccc2cccc(C(=O)NCc3cccnc3-c3ccsc3)c2n1. The van der Waals surface area contributed by atoms with E-state index in [-0.39, 0.29) is 5.91 Å². The number of fused-ring (bicyclic) bond motifs is 1. The summed E-state index contributed by atoms with van der Waals surface area (Å²) in [6.07, 6.45) is 1.77. The molecule has 26 heavy (non-hydrogen) atoms. The summed E-state index contributed by atoms with van der Waals surface area (Å²) in [5.74, 6) is -0.131. The molecule has 5 heteroatoms. The third-order valence-corrected chi connectivity index (χ3v) is 4.91. The number of carbonyl (C=O) groups excluding carboxylic acids is 1. The Hall–Kier alpha value is -3.05. The van der Waals surface area contributed by atoms with E-state index in [2.05, 4.69) is 20.7 Å². The number of benzene rings is 1. The highest BCUT2D eigenvalue weighted by atomic mass is 32.1. The zero-order valence-corrected chi connectivity index (χ0v) is 15.1. The van der Waals surface area contributed by atoms with E-state index >= 15 is 0 Å². The van der Waals surface area contributed by atoms with Gasteiger partial charge in [0.1, 0.15) is 0 Å². The molecule has 3 heterocycles. The molecule has 1 N–H and O–H groups in total.